The summed E-state index contributed by atoms with van der Waals surface area (Å²) >= 11 is 1.78. The summed E-state index contributed by atoms with van der Waals surface area (Å²) in [6, 6.07) is 16.8. The Morgan fingerprint density at radius 3 is 2.84 bits per heavy atom. The van der Waals surface area contributed by atoms with Crippen LogP contribution in [0.25, 0.3) is 31.4 Å². The molecule has 0 aliphatic carbocycles. The van der Waals surface area contributed by atoms with Gasteiger partial charge in [0.25, 0.3) is 0 Å². The van der Waals surface area contributed by atoms with Crippen molar-refractivity contribution in [3.05, 3.63) is 60.9 Å². The van der Waals surface area contributed by atoms with Crippen LogP contribution in [0.4, 0.5) is 17.5 Å². The zero-order valence-electron chi connectivity index (χ0n) is 17.4. The van der Waals surface area contributed by atoms with E-state index in [1.165, 1.54) is 15.0 Å². The highest BCUT2D eigenvalue weighted by Crippen LogP contribution is 2.38. The third kappa shape index (κ3) is 4.21. The van der Waals surface area contributed by atoms with Crippen molar-refractivity contribution in [2.75, 3.05) is 37.8 Å². The maximum Gasteiger partial charge on any atom is 0.224 e. The second kappa shape index (κ2) is 8.33. The van der Waals surface area contributed by atoms with Crippen LogP contribution in [-0.2, 0) is 0 Å². The van der Waals surface area contributed by atoms with Crippen LogP contribution in [0.1, 0.15) is 0 Å². The van der Waals surface area contributed by atoms with Gasteiger partial charge in [0.05, 0.1) is 11.7 Å². The molecule has 0 unspecified atom stereocenters. The topological polar surface area (TPSA) is 81.8 Å². The van der Waals surface area contributed by atoms with Gasteiger partial charge in [-0.2, -0.15) is 10.1 Å². The number of rotatable bonds is 7. The van der Waals surface area contributed by atoms with Crippen molar-refractivity contribution in [1.82, 2.24) is 25.1 Å². The van der Waals surface area contributed by atoms with Gasteiger partial charge < -0.3 is 15.5 Å². The Bertz CT molecular complexity index is 1310. The summed E-state index contributed by atoms with van der Waals surface area (Å²) in [5, 5.41) is 16.4. The zero-order chi connectivity index (χ0) is 21.2. The number of fused-ring (bicyclic) bond motifs is 2. The summed E-state index contributed by atoms with van der Waals surface area (Å²) in [6.07, 6.45) is 3.61. The summed E-state index contributed by atoms with van der Waals surface area (Å²) in [7, 11) is 4.08. The molecule has 0 fully saturated rings. The Labute approximate surface area is 184 Å². The minimum absolute atomic E-state index is 0.612. The zero-order valence-corrected chi connectivity index (χ0v) is 18.2. The molecular weight excluding hydrogens is 406 g/mol. The number of hydrogen-bond acceptors (Lipinski definition) is 7. The lowest BCUT2D eigenvalue weighted by Crippen LogP contribution is -2.21. The maximum atomic E-state index is 4.60. The van der Waals surface area contributed by atoms with Gasteiger partial charge in [0.1, 0.15) is 5.82 Å². The Morgan fingerprint density at radius 2 is 1.97 bits per heavy atom. The quantitative estimate of drug-likeness (QED) is 0.340. The SMILES string of the molecule is CN(C)CCNc1nccc(Nc2cc(-c3cc4ccccc4s3)c3[nH]ncc3c2)n1. The summed E-state index contributed by atoms with van der Waals surface area (Å²) in [4.78, 5) is 12.2. The van der Waals surface area contributed by atoms with Gasteiger partial charge in [0, 0.05) is 45.5 Å². The molecular formula is C23H23N7S. The first-order valence-electron chi connectivity index (χ1n) is 10.1. The molecule has 0 atom stereocenters. The van der Waals surface area contributed by atoms with Gasteiger partial charge in [-0.25, -0.2) is 4.98 Å². The number of nitrogens with zero attached hydrogens (tertiary/aromatic N) is 4. The summed E-state index contributed by atoms with van der Waals surface area (Å²) in [6.45, 7) is 1.70. The molecule has 5 aromatic rings. The molecule has 7 nitrogen and oxygen atoms in total. The smallest absolute Gasteiger partial charge is 0.224 e. The van der Waals surface area contributed by atoms with Crippen LogP contribution in [0.2, 0.25) is 0 Å². The van der Waals surface area contributed by atoms with E-state index >= 15 is 0 Å². The molecule has 3 N–H and O–H groups in total. The summed E-state index contributed by atoms with van der Waals surface area (Å²) in [5.41, 5.74) is 3.11. The number of likely N-dealkylation sites (N-methyl/N-ethyl adjacent to an activating group) is 1. The molecule has 0 bridgehead atoms. The van der Waals surface area contributed by atoms with Crippen LogP contribution in [0.3, 0.4) is 0 Å². The summed E-state index contributed by atoms with van der Waals surface area (Å²) < 4.78 is 1.27. The molecule has 0 saturated carbocycles. The standard InChI is InChI=1S/C23H23N7S/c1-30(2)10-9-25-23-24-8-7-21(28-23)27-17-11-16-14-26-29-22(16)18(13-17)20-12-15-5-3-4-6-19(15)31-20/h3-8,11-14H,9-10H2,1-2H3,(H,26,29)(H2,24,25,27,28). The number of aromatic amines is 1. The Hall–Kier alpha value is -3.49. The lowest BCUT2D eigenvalue weighted by molar-refractivity contribution is 0.425. The Kier molecular flexibility index (Phi) is 5.23. The monoisotopic (exact) mass is 429 g/mol. The first-order valence-corrected chi connectivity index (χ1v) is 10.9. The van der Waals surface area contributed by atoms with Crippen molar-refractivity contribution in [1.29, 1.82) is 0 Å². The van der Waals surface area contributed by atoms with E-state index in [2.05, 4.69) is 78.2 Å². The molecule has 0 amide bonds. The molecule has 5 rings (SSSR count). The fourth-order valence-electron chi connectivity index (χ4n) is 3.49. The number of anilines is 3. The third-order valence-corrected chi connectivity index (χ3v) is 6.16. The molecule has 156 valence electrons. The molecule has 0 saturated heterocycles. The van der Waals surface area contributed by atoms with E-state index in [0.29, 0.717) is 5.95 Å². The van der Waals surface area contributed by atoms with Crippen molar-refractivity contribution in [2.24, 2.45) is 0 Å². The highest BCUT2D eigenvalue weighted by molar-refractivity contribution is 7.22. The molecule has 8 heteroatoms. The van der Waals surface area contributed by atoms with Gasteiger partial charge in [-0.3, -0.25) is 5.10 Å². The minimum atomic E-state index is 0.612. The lowest BCUT2D eigenvalue weighted by atomic mass is 10.1. The average Bonchev–Trinajstić information content (AvgIpc) is 3.40. The molecule has 3 heterocycles. The van der Waals surface area contributed by atoms with Crippen LogP contribution in [0.15, 0.2) is 60.9 Å². The number of thiophene rings is 1. The van der Waals surface area contributed by atoms with E-state index in [1.807, 2.05) is 26.4 Å². The predicted octanol–water partition coefficient (Wildman–Crippen LogP) is 4.95. The first kappa shape index (κ1) is 19.5. The van der Waals surface area contributed by atoms with Gasteiger partial charge in [0.2, 0.25) is 5.95 Å². The highest BCUT2D eigenvalue weighted by atomic mass is 32.1. The van der Waals surface area contributed by atoms with Crippen LogP contribution >= 0.6 is 11.3 Å². The fraction of sp³-hybridized carbons (Fsp3) is 0.174. The Balaban J connectivity index is 1.46. The van der Waals surface area contributed by atoms with E-state index in [-0.39, 0.29) is 0 Å². The number of benzene rings is 2. The van der Waals surface area contributed by atoms with Crippen LogP contribution < -0.4 is 10.6 Å². The molecule has 0 spiro atoms. The number of aromatic nitrogens is 4. The van der Waals surface area contributed by atoms with Gasteiger partial charge in [-0.1, -0.05) is 18.2 Å². The molecule has 0 aliphatic heterocycles. The normalized spacial score (nSPS) is 11.5. The van der Waals surface area contributed by atoms with E-state index in [4.69, 9.17) is 0 Å². The molecule has 3 aromatic heterocycles. The van der Waals surface area contributed by atoms with Crippen LogP contribution in [0.5, 0.6) is 0 Å². The highest BCUT2D eigenvalue weighted by Gasteiger charge is 2.12. The van der Waals surface area contributed by atoms with E-state index in [1.54, 1.807) is 17.5 Å². The van der Waals surface area contributed by atoms with Crippen LogP contribution in [-0.4, -0.2) is 52.3 Å². The Morgan fingerprint density at radius 1 is 1.06 bits per heavy atom. The minimum Gasteiger partial charge on any atom is -0.353 e. The second-order valence-electron chi connectivity index (χ2n) is 7.63. The lowest BCUT2D eigenvalue weighted by Gasteiger charge is -2.12. The van der Waals surface area contributed by atoms with Gasteiger partial charge in [-0.05, 0) is 49.8 Å². The largest absolute Gasteiger partial charge is 0.353 e. The molecule has 31 heavy (non-hydrogen) atoms. The van der Waals surface area contributed by atoms with E-state index in [9.17, 15) is 0 Å². The van der Waals surface area contributed by atoms with Crippen molar-refractivity contribution >= 4 is 49.8 Å². The third-order valence-electron chi connectivity index (χ3n) is 5.01. The van der Waals surface area contributed by atoms with Gasteiger partial charge >= 0.3 is 0 Å². The predicted molar refractivity (Wildman–Crippen MR) is 129 cm³/mol. The number of hydrogen-bond donors (Lipinski definition) is 3. The van der Waals surface area contributed by atoms with Crippen molar-refractivity contribution in [2.45, 2.75) is 0 Å². The van der Waals surface area contributed by atoms with Crippen molar-refractivity contribution in [3.63, 3.8) is 0 Å². The number of nitrogens with one attached hydrogen (secondary N) is 3. The van der Waals surface area contributed by atoms with Crippen LogP contribution in [0, 0.1) is 0 Å². The first-order chi connectivity index (χ1) is 15.2. The van der Waals surface area contributed by atoms with E-state index < -0.39 is 0 Å². The van der Waals surface area contributed by atoms with Gasteiger partial charge in [-0.15, -0.1) is 11.3 Å². The molecule has 2 aromatic carbocycles. The average molecular weight is 430 g/mol. The number of H-pyrrole nitrogens is 1. The van der Waals surface area contributed by atoms with Gasteiger partial charge in [0.15, 0.2) is 0 Å². The molecule has 0 radical (unpaired) electrons. The fourth-order valence-corrected chi connectivity index (χ4v) is 4.58. The molecule has 0 aliphatic rings. The van der Waals surface area contributed by atoms with E-state index in [0.717, 1.165) is 41.1 Å². The summed E-state index contributed by atoms with van der Waals surface area (Å²) in [5.74, 6) is 1.36. The second-order valence-corrected chi connectivity index (χ2v) is 8.71. The van der Waals surface area contributed by atoms with Crippen molar-refractivity contribution in [3.8, 4) is 10.4 Å². The van der Waals surface area contributed by atoms with Crippen molar-refractivity contribution < 1.29 is 0 Å². The maximum absolute atomic E-state index is 4.60.